The Balaban J connectivity index is 1.38. The fourth-order valence-electron chi connectivity index (χ4n) is 4.99. The van der Waals surface area contributed by atoms with Gasteiger partial charge in [-0.25, -0.2) is 4.68 Å². The molecule has 0 bridgehead atoms. The molecule has 1 fully saturated rings. The fraction of sp³-hybridized carbons (Fsp3) is 0.423. The number of aromatic nitrogens is 3. The number of benzene rings is 1. The Morgan fingerprint density at radius 1 is 1.06 bits per heavy atom. The van der Waals surface area contributed by atoms with Crippen LogP contribution in [0.25, 0.3) is 5.69 Å². The number of fused-ring (bicyclic) bond motifs is 1. The molecule has 5 rings (SSSR count). The minimum absolute atomic E-state index is 0.0564. The van der Waals surface area contributed by atoms with E-state index in [0.717, 1.165) is 75.1 Å². The number of hydrogen-bond donors (Lipinski definition) is 2. The molecule has 3 heterocycles. The Hall–Kier alpha value is -3.19. The van der Waals surface area contributed by atoms with Gasteiger partial charge in [-0.2, -0.15) is 5.10 Å². The number of likely N-dealkylation sites (tertiary alicyclic amines) is 1. The van der Waals surface area contributed by atoms with E-state index in [4.69, 9.17) is 5.10 Å². The molecule has 7 nitrogen and oxygen atoms in total. The minimum atomic E-state index is 0.0564. The molecule has 0 spiro atoms. The number of phenolic OH excluding ortho intramolecular Hbond substituents is 1. The molecule has 0 radical (unpaired) electrons. The van der Waals surface area contributed by atoms with Gasteiger partial charge in [-0.15, -0.1) is 0 Å². The van der Waals surface area contributed by atoms with Crippen molar-refractivity contribution in [3.63, 3.8) is 0 Å². The zero-order chi connectivity index (χ0) is 22.6. The Kier molecular flexibility index (Phi) is 6.39. The second-order valence-electron chi connectivity index (χ2n) is 9.05. The van der Waals surface area contributed by atoms with Crippen LogP contribution in [0.1, 0.15) is 53.0 Å². The molecule has 1 aliphatic carbocycles. The van der Waals surface area contributed by atoms with E-state index in [0.29, 0.717) is 11.7 Å². The predicted octanol–water partition coefficient (Wildman–Crippen LogP) is 3.29. The second kappa shape index (κ2) is 9.75. The summed E-state index contributed by atoms with van der Waals surface area (Å²) < 4.78 is 1.92. The Morgan fingerprint density at radius 2 is 1.82 bits per heavy atom. The first-order valence-corrected chi connectivity index (χ1v) is 12.0. The molecule has 3 aromatic rings. The molecule has 2 aromatic heterocycles. The van der Waals surface area contributed by atoms with Crippen molar-refractivity contribution < 1.29 is 9.90 Å². The third-order valence-corrected chi connectivity index (χ3v) is 6.81. The van der Waals surface area contributed by atoms with Gasteiger partial charge in [0.1, 0.15) is 5.75 Å². The Morgan fingerprint density at radius 3 is 2.58 bits per heavy atom. The smallest absolute Gasteiger partial charge is 0.274 e. The first-order valence-electron chi connectivity index (χ1n) is 12.0. The fourth-order valence-corrected chi connectivity index (χ4v) is 4.99. The number of rotatable bonds is 6. The molecule has 2 N–H and O–H groups in total. The van der Waals surface area contributed by atoms with Crippen LogP contribution in [0.5, 0.6) is 5.75 Å². The molecule has 1 atom stereocenters. The minimum Gasteiger partial charge on any atom is -0.508 e. The van der Waals surface area contributed by atoms with Crippen molar-refractivity contribution in [1.82, 2.24) is 25.0 Å². The summed E-state index contributed by atoms with van der Waals surface area (Å²) in [6.07, 6.45) is 10.6. The standard InChI is InChI=1S/C26H31N5O2/c32-22-7-5-21(6-8-22)31-24-9-4-20(28-15-12-19-10-13-27-14-11-19)18-23(24)25(29-31)26(33)30-16-2-1-3-17-30/h5-8,10-11,13-14,20,28,32H,1-4,9,12,15-18H2. The molecule has 1 aliphatic heterocycles. The molecular weight excluding hydrogens is 414 g/mol. The van der Waals surface area contributed by atoms with E-state index < -0.39 is 0 Å². The molecule has 0 saturated carbocycles. The number of amides is 1. The summed E-state index contributed by atoms with van der Waals surface area (Å²) >= 11 is 0. The number of nitrogens with zero attached hydrogens (tertiary/aromatic N) is 4. The van der Waals surface area contributed by atoms with E-state index in [2.05, 4.69) is 22.4 Å². The summed E-state index contributed by atoms with van der Waals surface area (Å²) in [4.78, 5) is 19.5. The first kappa shape index (κ1) is 21.6. The van der Waals surface area contributed by atoms with Gasteiger partial charge in [-0.1, -0.05) is 0 Å². The SMILES string of the molecule is O=C(c1nn(-c2ccc(O)cc2)c2c1CC(NCCc1ccncc1)CC2)N1CCCCC1. The number of pyridine rings is 1. The van der Waals surface area contributed by atoms with Crippen molar-refractivity contribution in [2.75, 3.05) is 19.6 Å². The highest BCUT2D eigenvalue weighted by atomic mass is 16.3. The summed E-state index contributed by atoms with van der Waals surface area (Å²) in [6, 6.07) is 11.5. The van der Waals surface area contributed by atoms with Gasteiger partial charge in [0.25, 0.3) is 5.91 Å². The van der Waals surface area contributed by atoms with Crippen LogP contribution < -0.4 is 5.32 Å². The number of piperidine rings is 1. The molecule has 7 heteroatoms. The molecule has 1 saturated heterocycles. The maximum absolute atomic E-state index is 13.5. The van der Waals surface area contributed by atoms with Crippen LogP contribution in [0.2, 0.25) is 0 Å². The van der Waals surface area contributed by atoms with Gasteiger partial charge in [0, 0.05) is 42.8 Å². The number of phenols is 1. The third kappa shape index (κ3) is 4.78. The lowest BCUT2D eigenvalue weighted by Gasteiger charge is -2.27. The van der Waals surface area contributed by atoms with Crippen LogP contribution in [0.4, 0.5) is 0 Å². The maximum atomic E-state index is 13.5. The zero-order valence-electron chi connectivity index (χ0n) is 18.9. The number of carbonyl (C=O) groups is 1. The van der Waals surface area contributed by atoms with Crippen LogP contribution in [0.15, 0.2) is 48.8 Å². The van der Waals surface area contributed by atoms with Gasteiger partial charge in [0.15, 0.2) is 5.69 Å². The average molecular weight is 446 g/mol. The largest absolute Gasteiger partial charge is 0.508 e. The van der Waals surface area contributed by atoms with Gasteiger partial charge in [0.05, 0.1) is 5.69 Å². The summed E-state index contributed by atoms with van der Waals surface area (Å²) in [5.74, 6) is 0.281. The monoisotopic (exact) mass is 445 g/mol. The molecule has 172 valence electrons. The highest BCUT2D eigenvalue weighted by molar-refractivity contribution is 5.94. The summed E-state index contributed by atoms with van der Waals surface area (Å²) in [5, 5.41) is 18.2. The van der Waals surface area contributed by atoms with Crippen molar-refractivity contribution in [3.05, 3.63) is 71.3 Å². The van der Waals surface area contributed by atoms with Gasteiger partial charge in [0.2, 0.25) is 0 Å². The Bertz CT molecular complexity index is 1090. The first-order chi connectivity index (χ1) is 16.2. The van der Waals surface area contributed by atoms with Crippen LogP contribution in [0, 0.1) is 0 Å². The number of carbonyl (C=O) groups excluding carboxylic acids is 1. The molecule has 1 aromatic carbocycles. The molecule has 33 heavy (non-hydrogen) atoms. The maximum Gasteiger partial charge on any atom is 0.274 e. The van der Waals surface area contributed by atoms with E-state index in [1.807, 2.05) is 34.1 Å². The molecular formula is C26H31N5O2. The quantitative estimate of drug-likeness (QED) is 0.608. The van der Waals surface area contributed by atoms with E-state index in [-0.39, 0.29) is 11.7 Å². The molecule has 1 amide bonds. The van der Waals surface area contributed by atoms with Crippen molar-refractivity contribution >= 4 is 5.91 Å². The topological polar surface area (TPSA) is 83.3 Å². The molecule has 1 unspecified atom stereocenters. The number of hydrogen-bond acceptors (Lipinski definition) is 5. The summed E-state index contributed by atoms with van der Waals surface area (Å²) in [6.45, 7) is 2.52. The van der Waals surface area contributed by atoms with Crippen LogP contribution in [-0.4, -0.2) is 56.4 Å². The van der Waals surface area contributed by atoms with Crippen molar-refractivity contribution in [2.45, 2.75) is 51.0 Å². The lowest BCUT2D eigenvalue weighted by Crippen LogP contribution is -2.38. The third-order valence-electron chi connectivity index (χ3n) is 6.81. The Labute approximate surface area is 194 Å². The van der Waals surface area contributed by atoms with E-state index >= 15 is 0 Å². The van der Waals surface area contributed by atoms with E-state index in [1.165, 1.54) is 12.0 Å². The predicted molar refractivity (Wildman–Crippen MR) is 127 cm³/mol. The van der Waals surface area contributed by atoms with Gasteiger partial charge in [-0.3, -0.25) is 9.78 Å². The second-order valence-corrected chi connectivity index (χ2v) is 9.05. The summed E-state index contributed by atoms with van der Waals surface area (Å²) in [5.41, 5.74) is 4.95. The van der Waals surface area contributed by atoms with E-state index in [9.17, 15) is 9.90 Å². The number of aromatic hydroxyl groups is 1. The van der Waals surface area contributed by atoms with Gasteiger partial charge >= 0.3 is 0 Å². The van der Waals surface area contributed by atoms with Gasteiger partial charge in [-0.05, 0) is 93.5 Å². The zero-order valence-corrected chi connectivity index (χ0v) is 18.9. The normalized spacial score (nSPS) is 18.2. The number of nitrogens with one attached hydrogen (secondary N) is 1. The molecule has 2 aliphatic rings. The summed E-state index contributed by atoms with van der Waals surface area (Å²) in [7, 11) is 0. The lowest BCUT2D eigenvalue weighted by molar-refractivity contribution is 0.0716. The van der Waals surface area contributed by atoms with Crippen molar-refractivity contribution in [2.24, 2.45) is 0 Å². The average Bonchev–Trinajstić information content (AvgIpc) is 3.24. The van der Waals surface area contributed by atoms with Crippen LogP contribution in [-0.2, 0) is 19.3 Å². The van der Waals surface area contributed by atoms with E-state index in [1.54, 1.807) is 12.1 Å². The lowest BCUT2D eigenvalue weighted by atomic mass is 9.90. The van der Waals surface area contributed by atoms with Crippen LogP contribution >= 0.6 is 0 Å². The van der Waals surface area contributed by atoms with Gasteiger partial charge < -0.3 is 15.3 Å². The highest BCUT2D eigenvalue weighted by Crippen LogP contribution is 2.29. The van der Waals surface area contributed by atoms with Crippen molar-refractivity contribution in [3.8, 4) is 11.4 Å². The van der Waals surface area contributed by atoms with Crippen molar-refractivity contribution in [1.29, 1.82) is 0 Å². The van der Waals surface area contributed by atoms with Crippen LogP contribution in [0.3, 0.4) is 0 Å². The highest BCUT2D eigenvalue weighted by Gasteiger charge is 2.31.